The molecule has 1 atom stereocenters. The quantitative estimate of drug-likeness (QED) is 0.715. The van der Waals surface area contributed by atoms with Crippen LogP contribution in [0.1, 0.15) is 6.42 Å². The Morgan fingerprint density at radius 3 is 2.62 bits per heavy atom. The molecule has 0 aliphatic carbocycles. The molecule has 2 amide bonds. The summed E-state index contributed by atoms with van der Waals surface area (Å²) in [7, 11) is 1.08. The van der Waals surface area contributed by atoms with Crippen LogP contribution in [-0.2, 0) is 14.3 Å². The van der Waals surface area contributed by atoms with E-state index < -0.39 is 36.2 Å². The molecule has 1 rings (SSSR count). The number of carboxylic acid groups (broad SMARTS) is 1. The van der Waals surface area contributed by atoms with Crippen LogP contribution in [0.2, 0.25) is 5.02 Å². The van der Waals surface area contributed by atoms with Crippen LogP contribution >= 0.6 is 11.6 Å². The van der Waals surface area contributed by atoms with Crippen molar-refractivity contribution in [2.45, 2.75) is 12.5 Å². The van der Waals surface area contributed by atoms with E-state index in [2.05, 4.69) is 10.1 Å². The summed E-state index contributed by atoms with van der Waals surface area (Å²) in [5.41, 5.74) is -0.293. The van der Waals surface area contributed by atoms with E-state index in [1.165, 1.54) is 12.1 Å². The fraction of sp³-hybridized carbons (Fsp3) is 0.250. The second-order valence-electron chi connectivity index (χ2n) is 3.87. The number of halogens is 2. The molecule has 9 heteroatoms. The summed E-state index contributed by atoms with van der Waals surface area (Å²) >= 11 is 5.71. The van der Waals surface area contributed by atoms with Crippen LogP contribution in [0.15, 0.2) is 18.2 Å². The van der Waals surface area contributed by atoms with Crippen molar-refractivity contribution in [3.8, 4) is 0 Å². The van der Waals surface area contributed by atoms with Gasteiger partial charge in [0, 0.05) is 0 Å². The monoisotopic (exact) mass is 318 g/mol. The van der Waals surface area contributed by atoms with Crippen LogP contribution in [0.25, 0.3) is 0 Å². The average molecular weight is 319 g/mol. The van der Waals surface area contributed by atoms with Crippen LogP contribution in [0, 0.1) is 5.82 Å². The molecule has 0 bridgehead atoms. The van der Waals surface area contributed by atoms with E-state index in [1.807, 2.05) is 5.32 Å². The summed E-state index contributed by atoms with van der Waals surface area (Å²) < 4.78 is 17.8. The van der Waals surface area contributed by atoms with Crippen LogP contribution in [0.5, 0.6) is 0 Å². The Kier molecular flexibility index (Phi) is 5.92. The van der Waals surface area contributed by atoms with Crippen molar-refractivity contribution in [2.24, 2.45) is 0 Å². The Balaban J connectivity index is 2.74. The zero-order valence-corrected chi connectivity index (χ0v) is 11.6. The lowest BCUT2D eigenvalue weighted by atomic mass is 10.2. The number of carbonyl (C=O) groups is 3. The second kappa shape index (κ2) is 7.44. The minimum Gasteiger partial charge on any atom is -0.480 e. The predicted octanol–water partition coefficient (Wildman–Crippen LogP) is 1.62. The normalized spacial score (nSPS) is 11.4. The Hall–Kier alpha value is -2.35. The lowest BCUT2D eigenvalue weighted by Gasteiger charge is -2.14. The number of methoxy groups -OCH3 is 1. The third-order valence-electron chi connectivity index (χ3n) is 2.40. The van der Waals surface area contributed by atoms with Gasteiger partial charge < -0.3 is 20.5 Å². The highest BCUT2D eigenvalue weighted by molar-refractivity contribution is 6.33. The van der Waals surface area contributed by atoms with Crippen LogP contribution in [-0.4, -0.2) is 36.2 Å². The van der Waals surface area contributed by atoms with E-state index in [-0.39, 0.29) is 10.7 Å². The number of carboxylic acids is 1. The predicted molar refractivity (Wildman–Crippen MR) is 71.6 cm³/mol. The van der Waals surface area contributed by atoms with Gasteiger partial charge in [0.25, 0.3) is 0 Å². The van der Waals surface area contributed by atoms with Crippen molar-refractivity contribution in [1.29, 1.82) is 0 Å². The smallest absolute Gasteiger partial charge is 0.326 e. The van der Waals surface area contributed by atoms with Crippen molar-refractivity contribution in [1.82, 2.24) is 5.32 Å². The van der Waals surface area contributed by atoms with Crippen molar-refractivity contribution in [3.63, 3.8) is 0 Å². The van der Waals surface area contributed by atoms with E-state index >= 15 is 0 Å². The molecule has 0 saturated carbocycles. The first-order chi connectivity index (χ1) is 9.85. The van der Waals surface area contributed by atoms with Crippen molar-refractivity contribution in [2.75, 3.05) is 12.4 Å². The van der Waals surface area contributed by atoms with Gasteiger partial charge in [-0.25, -0.2) is 14.0 Å². The molecule has 0 aromatic heterocycles. The maximum Gasteiger partial charge on any atom is 0.326 e. The number of ether oxygens (including phenoxy) is 1. The van der Waals surface area contributed by atoms with Crippen molar-refractivity contribution in [3.05, 3.63) is 29.0 Å². The molecule has 0 fully saturated rings. The lowest BCUT2D eigenvalue weighted by Crippen LogP contribution is -2.44. The van der Waals surface area contributed by atoms with Crippen LogP contribution < -0.4 is 10.6 Å². The van der Waals surface area contributed by atoms with Gasteiger partial charge >= 0.3 is 18.0 Å². The van der Waals surface area contributed by atoms with Crippen LogP contribution in [0.3, 0.4) is 0 Å². The lowest BCUT2D eigenvalue weighted by molar-refractivity contribution is -0.147. The molecular formula is C12H12ClFN2O5. The van der Waals surface area contributed by atoms with Gasteiger partial charge in [-0.2, -0.15) is 0 Å². The number of carbonyl (C=O) groups excluding carboxylic acids is 2. The molecule has 0 saturated heterocycles. The number of anilines is 1. The molecule has 114 valence electrons. The molecular weight excluding hydrogens is 307 g/mol. The zero-order chi connectivity index (χ0) is 16.0. The molecule has 0 heterocycles. The minimum atomic E-state index is -1.51. The zero-order valence-electron chi connectivity index (χ0n) is 10.9. The molecule has 1 aromatic rings. The largest absolute Gasteiger partial charge is 0.480 e. The van der Waals surface area contributed by atoms with Gasteiger partial charge in [0.15, 0.2) is 0 Å². The van der Waals surface area contributed by atoms with Gasteiger partial charge in [0.05, 0.1) is 24.2 Å². The van der Waals surface area contributed by atoms with E-state index in [1.54, 1.807) is 0 Å². The molecule has 0 unspecified atom stereocenters. The summed E-state index contributed by atoms with van der Waals surface area (Å²) in [5.74, 6) is -3.03. The van der Waals surface area contributed by atoms with Gasteiger partial charge in [-0.1, -0.05) is 17.7 Å². The Morgan fingerprint density at radius 2 is 2.10 bits per heavy atom. The Labute approximate surface area is 124 Å². The first kappa shape index (κ1) is 16.7. The van der Waals surface area contributed by atoms with E-state index in [0.717, 1.165) is 13.2 Å². The topological polar surface area (TPSA) is 105 Å². The highest BCUT2D eigenvalue weighted by Gasteiger charge is 2.24. The summed E-state index contributed by atoms with van der Waals surface area (Å²) in [6.07, 6.45) is -0.565. The van der Waals surface area contributed by atoms with E-state index in [4.69, 9.17) is 16.7 Å². The molecule has 21 heavy (non-hydrogen) atoms. The number of para-hydroxylation sites is 1. The Bertz CT molecular complexity index is 546. The molecule has 1 aromatic carbocycles. The number of hydrogen-bond acceptors (Lipinski definition) is 4. The van der Waals surface area contributed by atoms with Gasteiger partial charge in [0.2, 0.25) is 0 Å². The highest BCUT2D eigenvalue weighted by Crippen LogP contribution is 2.24. The molecule has 0 spiro atoms. The number of urea groups is 1. The fourth-order valence-electron chi connectivity index (χ4n) is 1.38. The number of hydrogen-bond donors (Lipinski definition) is 3. The number of rotatable bonds is 5. The molecule has 0 aliphatic rings. The number of nitrogens with one attached hydrogen (secondary N) is 2. The van der Waals surface area contributed by atoms with Gasteiger partial charge in [0.1, 0.15) is 11.9 Å². The maximum absolute atomic E-state index is 13.5. The SMILES string of the molecule is COC(=O)C[C@H](NC(=O)Nc1c(F)cccc1Cl)C(=O)O. The molecule has 0 radical (unpaired) electrons. The molecule has 3 N–H and O–H groups in total. The van der Waals surface area contributed by atoms with E-state index in [0.29, 0.717) is 0 Å². The van der Waals surface area contributed by atoms with Gasteiger partial charge in [-0.3, -0.25) is 4.79 Å². The van der Waals surface area contributed by atoms with Crippen molar-refractivity contribution >= 4 is 35.3 Å². The fourth-order valence-corrected chi connectivity index (χ4v) is 1.59. The molecule has 0 aliphatic heterocycles. The van der Waals surface area contributed by atoms with E-state index in [9.17, 15) is 18.8 Å². The first-order valence-electron chi connectivity index (χ1n) is 5.66. The average Bonchev–Trinajstić information content (AvgIpc) is 2.42. The molecule has 7 nitrogen and oxygen atoms in total. The third kappa shape index (κ3) is 4.92. The maximum atomic E-state index is 13.5. The summed E-state index contributed by atoms with van der Waals surface area (Å²) in [6, 6.07) is 1.24. The summed E-state index contributed by atoms with van der Waals surface area (Å²) in [6.45, 7) is 0. The number of benzene rings is 1. The third-order valence-corrected chi connectivity index (χ3v) is 2.72. The van der Waals surface area contributed by atoms with Crippen molar-refractivity contribution < 1.29 is 28.6 Å². The standard InChI is InChI=1S/C12H12ClFN2O5/c1-21-9(17)5-8(11(18)19)15-12(20)16-10-6(13)3-2-4-7(10)14/h2-4,8H,5H2,1H3,(H,18,19)(H2,15,16,20)/t8-/m0/s1. The highest BCUT2D eigenvalue weighted by atomic mass is 35.5. The number of amides is 2. The summed E-state index contributed by atoms with van der Waals surface area (Å²) in [4.78, 5) is 33.6. The number of aliphatic carboxylic acids is 1. The Morgan fingerprint density at radius 1 is 1.43 bits per heavy atom. The minimum absolute atomic E-state index is 0.0509. The van der Waals surface area contributed by atoms with Gasteiger partial charge in [-0.15, -0.1) is 0 Å². The first-order valence-corrected chi connectivity index (χ1v) is 6.04. The number of esters is 1. The van der Waals surface area contributed by atoms with Crippen LogP contribution in [0.4, 0.5) is 14.9 Å². The second-order valence-corrected chi connectivity index (χ2v) is 4.27. The summed E-state index contributed by atoms with van der Waals surface area (Å²) in [5, 5.41) is 12.9. The van der Waals surface area contributed by atoms with Gasteiger partial charge in [-0.05, 0) is 12.1 Å².